The van der Waals surface area contributed by atoms with Gasteiger partial charge in [0.15, 0.2) is 6.61 Å². The summed E-state index contributed by atoms with van der Waals surface area (Å²) in [5.41, 5.74) is 2.08. The van der Waals surface area contributed by atoms with Crippen LogP contribution in [0, 0.1) is 6.92 Å². The third kappa shape index (κ3) is 7.01. The first-order valence-corrected chi connectivity index (χ1v) is 9.55. The molecule has 1 rings (SSSR count). The van der Waals surface area contributed by atoms with Gasteiger partial charge in [-0.1, -0.05) is 38.5 Å². The lowest BCUT2D eigenvalue weighted by atomic mass is 9.85. The molecule has 0 atom stereocenters. The minimum atomic E-state index is -3.48. The van der Waals surface area contributed by atoms with Crippen LogP contribution < -0.4 is 14.8 Å². The molecule has 0 aliphatic heterocycles. The minimum absolute atomic E-state index is 0.0950. The zero-order valence-electron chi connectivity index (χ0n) is 15.8. The highest BCUT2D eigenvalue weighted by atomic mass is 32.2. The van der Waals surface area contributed by atoms with Crippen LogP contribution in [-0.4, -0.2) is 52.4 Å². The lowest BCUT2D eigenvalue weighted by molar-refractivity contribution is -0.123. The minimum Gasteiger partial charge on any atom is -0.483 e. The first kappa shape index (κ1) is 21.4. The first-order valence-electron chi connectivity index (χ1n) is 8.11. The summed E-state index contributed by atoms with van der Waals surface area (Å²) < 4.78 is 32.1. The van der Waals surface area contributed by atoms with Gasteiger partial charge in [-0.3, -0.25) is 4.79 Å². The number of carbonyl (C=O) groups excluding carboxylic acids is 1. The summed E-state index contributed by atoms with van der Waals surface area (Å²) in [5, 5.41) is 2.62. The van der Waals surface area contributed by atoms with Gasteiger partial charge in [0.1, 0.15) is 5.75 Å². The molecule has 0 aliphatic rings. The largest absolute Gasteiger partial charge is 0.483 e. The Morgan fingerprint density at radius 1 is 1.20 bits per heavy atom. The summed E-state index contributed by atoms with van der Waals surface area (Å²) in [4.78, 5) is 11.9. The second-order valence-electron chi connectivity index (χ2n) is 7.07. The summed E-state index contributed by atoms with van der Waals surface area (Å²) >= 11 is 0. The summed E-state index contributed by atoms with van der Waals surface area (Å²) in [6, 6.07) is 5.87. The van der Waals surface area contributed by atoms with E-state index >= 15 is 0 Å². The summed E-state index contributed by atoms with van der Waals surface area (Å²) in [6.07, 6.45) is 0. The van der Waals surface area contributed by atoms with Gasteiger partial charge >= 0.3 is 0 Å². The molecule has 8 heteroatoms. The molecule has 0 saturated carbocycles. The number of rotatable bonds is 8. The van der Waals surface area contributed by atoms with Crippen molar-refractivity contribution in [3.63, 3.8) is 0 Å². The van der Waals surface area contributed by atoms with Crippen LogP contribution in [0.1, 0.15) is 31.9 Å². The van der Waals surface area contributed by atoms with E-state index in [0.717, 1.165) is 15.4 Å². The Hall–Kier alpha value is -1.64. The Bertz CT molecular complexity index is 694. The normalized spacial score (nSPS) is 12.3. The van der Waals surface area contributed by atoms with Gasteiger partial charge in [-0.2, -0.15) is 12.7 Å². The zero-order chi connectivity index (χ0) is 19.3. The molecule has 1 aromatic rings. The van der Waals surface area contributed by atoms with Crippen molar-refractivity contribution in [3.8, 4) is 5.75 Å². The third-order valence-electron chi connectivity index (χ3n) is 3.51. The van der Waals surface area contributed by atoms with Crippen molar-refractivity contribution in [2.24, 2.45) is 0 Å². The second kappa shape index (κ2) is 8.64. The molecular formula is C17H29N3O4S. The molecule has 0 saturated heterocycles. The van der Waals surface area contributed by atoms with Crippen molar-refractivity contribution in [2.45, 2.75) is 33.1 Å². The number of ether oxygens (including phenoxy) is 1. The highest BCUT2D eigenvalue weighted by molar-refractivity contribution is 7.87. The smallest absolute Gasteiger partial charge is 0.278 e. The average Bonchev–Trinajstić information content (AvgIpc) is 2.49. The van der Waals surface area contributed by atoms with E-state index in [1.807, 2.05) is 19.1 Å². The van der Waals surface area contributed by atoms with Gasteiger partial charge in [-0.25, -0.2) is 4.72 Å². The number of aryl methyl sites for hydroxylation is 1. The van der Waals surface area contributed by atoms with Crippen LogP contribution in [0.3, 0.4) is 0 Å². The Labute approximate surface area is 150 Å². The molecule has 142 valence electrons. The maximum Gasteiger partial charge on any atom is 0.278 e. The van der Waals surface area contributed by atoms with E-state index in [9.17, 15) is 13.2 Å². The highest BCUT2D eigenvalue weighted by Gasteiger charge is 2.19. The fourth-order valence-corrected chi connectivity index (χ4v) is 2.68. The number of carbonyl (C=O) groups is 1. The van der Waals surface area contributed by atoms with Crippen molar-refractivity contribution in [3.05, 3.63) is 29.3 Å². The van der Waals surface area contributed by atoms with Crippen LogP contribution in [0.2, 0.25) is 0 Å². The van der Waals surface area contributed by atoms with E-state index in [2.05, 4.69) is 36.9 Å². The molecule has 0 aromatic heterocycles. The van der Waals surface area contributed by atoms with Crippen molar-refractivity contribution < 1.29 is 17.9 Å². The summed E-state index contributed by atoms with van der Waals surface area (Å²) in [7, 11) is -0.609. The van der Waals surface area contributed by atoms with Gasteiger partial charge in [-0.05, 0) is 24.0 Å². The van der Waals surface area contributed by atoms with Crippen LogP contribution in [0.15, 0.2) is 18.2 Å². The summed E-state index contributed by atoms with van der Waals surface area (Å²) in [5.74, 6) is 0.381. The van der Waals surface area contributed by atoms with Crippen molar-refractivity contribution in [2.75, 3.05) is 33.8 Å². The van der Waals surface area contributed by atoms with Crippen LogP contribution in [0.5, 0.6) is 5.75 Å². The van der Waals surface area contributed by atoms with Gasteiger partial charge in [-0.15, -0.1) is 0 Å². The summed E-state index contributed by atoms with van der Waals surface area (Å²) in [6.45, 7) is 8.47. The maximum atomic E-state index is 11.9. The van der Waals surface area contributed by atoms with Crippen molar-refractivity contribution in [1.82, 2.24) is 14.3 Å². The molecule has 25 heavy (non-hydrogen) atoms. The van der Waals surface area contributed by atoms with Gasteiger partial charge in [0.2, 0.25) is 0 Å². The zero-order valence-corrected chi connectivity index (χ0v) is 16.7. The lowest BCUT2D eigenvalue weighted by Gasteiger charge is -2.23. The first-order chi connectivity index (χ1) is 11.4. The molecule has 0 unspecified atom stereocenters. The highest BCUT2D eigenvalue weighted by Crippen LogP contribution is 2.32. The molecule has 0 radical (unpaired) electrons. The van der Waals surface area contributed by atoms with Gasteiger partial charge in [0, 0.05) is 27.2 Å². The number of amides is 1. The monoisotopic (exact) mass is 371 g/mol. The van der Waals surface area contributed by atoms with E-state index < -0.39 is 10.2 Å². The van der Waals surface area contributed by atoms with Gasteiger partial charge in [0.05, 0.1) is 0 Å². The third-order valence-corrected chi connectivity index (χ3v) is 5.04. The van der Waals surface area contributed by atoms with Crippen molar-refractivity contribution in [1.29, 1.82) is 0 Å². The maximum absolute atomic E-state index is 11.9. The topological polar surface area (TPSA) is 87.7 Å². The molecule has 0 aliphatic carbocycles. The van der Waals surface area contributed by atoms with Crippen LogP contribution in [0.25, 0.3) is 0 Å². The van der Waals surface area contributed by atoms with Crippen LogP contribution in [0.4, 0.5) is 0 Å². The Morgan fingerprint density at radius 3 is 2.40 bits per heavy atom. The quantitative estimate of drug-likeness (QED) is 0.672. The Kier molecular flexibility index (Phi) is 7.40. The predicted molar refractivity (Wildman–Crippen MR) is 99.0 cm³/mol. The number of hydrogen-bond acceptors (Lipinski definition) is 4. The van der Waals surface area contributed by atoms with E-state index in [4.69, 9.17) is 4.74 Å². The molecule has 0 spiro atoms. The molecule has 1 amide bonds. The van der Waals surface area contributed by atoms with E-state index in [1.165, 1.54) is 14.1 Å². The molecule has 7 nitrogen and oxygen atoms in total. The lowest BCUT2D eigenvalue weighted by Crippen LogP contribution is -2.41. The fourth-order valence-electron chi connectivity index (χ4n) is 2.06. The fraction of sp³-hybridized carbons (Fsp3) is 0.588. The van der Waals surface area contributed by atoms with E-state index in [0.29, 0.717) is 5.75 Å². The predicted octanol–water partition coefficient (Wildman–Crippen LogP) is 1.18. The van der Waals surface area contributed by atoms with Crippen LogP contribution >= 0.6 is 0 Å². The number of nitrogens with zero attached hydrogens (tertiary/aromatic N) is 1. The van der Waals surface area contributed by atoms with Crippen molar-refractivity contribution >= 4 is 16.1 Å². The Balaban J connectivity index is 2.50. The van der Waals surface area contributed by atoms with Gasteiger partial charge < -0.3 is 10.1 Å². The number of benzene rings is 1. The van der Waals surface area contributed by atoms with Gasteiger partial charge in [0.25, 0.3) is 16.1 Å². The SMILES string of the molecule is Cc1ccc(OCC(=O)NCCNS(=O)(=O)N(C)C)c(C(C)(C)C)c1. The molecule has 0 fully saturated rings. The number of nitrogens with one attached hydrogen (secondary N) is 2. The second-order valence-corrected chi connectivity index (χ2v) is 9.04. The number of hydrogen-bond donors (Lipinski definition) is 2. The standard InChI is InChI=1S/C17H29N3O4S/c1-13-7-8-15(14(11-13)17(2,3)4)24-12-16(21)18-9-10-19-25(22,23)20(5)6/h7-8,11,19H,9-10,12H2,1-6H3,(H,18,21). The van der Waals surface area contributed by atoms with E-state index in [1.54, 1.807) is 0 Å². The van der Waals surface area contributed by atoms with Crippen LogP contribution in [-0.2, 0) is 20.4 Å². The molecule has 0 bridgehead atoms. The molecule has 1 aromatic carbocycles. The molecule has 0 heterocycles. The molecular weight excluding hydrogens is 342 g/mol. The Morgan fingerprint density at radius 2 is 1.84 bits per heavy atom. The molecule has 2 N–H and O–H groups in total. The average molecular weight is 372 g/mol. The van der Waals surface area contributed by atoms with E-state index in [-0.39, 0.29) is 31.0 Å².